The number of hydrogen-bond acceptors (Lipinski definition) is 4. The lowest BCUT2D eigenvalue weighted by atomic mass is 10.2. The van der Waals surface area contributed by atoms with Crippen LogP contribution in [0.1, 0.15) is 25.2 Å². The minimum absolute atomic E-state index is 0.0505. The topological polar surface area (TPSA) is 67.2 Å². The van der Waals surface area contributed by atoms with E-state index in [1.807, 2.05) is 31.2 Å². The fourth-order valence-corrected chi connectivity index (χ4v) is 3.95. The molecule has 0 aliphatic carbocycles. The van der Waals surface area contributed by atoms with E-state index in [-0.39, 0.29) is 24.1 Å². The predicted octanol–water partition coefficient (Wildman–Crippen LogP) is 3.23. The molecule has 2 amide bonds. The number of rotatable bonds is 5. The van der Waals surface area contributed by atoms with E-state index in [2.05, 4.69) is 35.6 Å². The van der Waals surface area contributed by atoms with Crippen molar-refractivity contribution in [2.45, 2.75) is 39.4 Å². The summed E-state index contributed by atoms with van der Waals surface area (Å²) in [6.07, 6.45) is 0. The first-order valence-corrected chi connectivity index (χ1v) is 9.71. The molecule has 0 radical (unpaired) electrons. The van der Waals surface area contributed by atoms with Crippen molar-refractivity contribution in [3.05, 3.63) is 35.7 Å². The lowest BCUT2D eigenvalue weighted by Gasteiger charge is -2.29. The molecule has 0 bridgehead atoms. The lowest BCUT2D eigenvalue weighted by Crippen LogP contribution is -2.43. The molecule has 1 aliphatic heterocycles. The van der Waals surface area contributed by atoms with Gasteiger partial charge in [0.15, 0.2) is 5.16 Å². The van der Waals surface area contributed by atoms with Gasteiger partial charge < -0.3 is 14.8 Å². The second-order valence-corrected chi connectivity index (χ2v) is 7.85. The van der Waals surface area contributed by atoms with Crippen molar-refractivity contribution >= 4 is 35.0 Å². The van der Waals surface area contributed by atoms with Crippen LogP contribution in [0.3, 0.4) is 0 Å². The van der Waals surface area contributed by atoms with Crippen molar-refractivity contribution in [1.29, 1.82) is 0 Å². The van der Waals surface area contributed by atoms with Crippen molar-refractivity contribution in [3.8, 4) is 0 Å². The smallest absolute Gasteiger partial charge is 0.244 e. The Bertz CT molecular complexity index is 844. The Morgan fingerprint density at radius 3 is 2.77 bits per heavy atom. The van der Waals surface area contributed by atoms with Gasteiger partial charge in [0.1, 0.15) is 6.54 Å². The van der Waals surface area contributed by atoms with Crippen LogP contribution in [0.25, 0.3) is 0 Å². The van der Waals surface area contributed by atoms with Gasteiger partial charge in [0.2, 0.25) is 11.8 Å². The maximum Gasteiger partial charge on any atom is 0.244 e. The van der Waals surface area contributed by atoms with Crippen LogP contribution in [0.5, 0.6) is 0 Å². The zero-order chi connectivity index (χ0) is 18.8. The molecule has 0 unspecified atom stereocenters. The molecule has 0 saturated heterocycles. The lowest BCUT2D eigenvalue weighted by molar-refractivity contribution is -0.120. The number of imidazole rings is 1. The molecule has 0 saturated carbocycles. The quantitative estimate of drug-likeness (QED) is 0.818. The summed E-state index contributed by atoms with van der Waals surface area (Å²) in [5, 5.41) is 3.66. The number of fused-ring (bicyclic) bond motifs is 1. The molecule has 138 valence electrons. The first-order valence-electron chi connectivity index (χ1n) is 8.72. The third kappa shape index (κ3) is 3.77. The molecule has 1 aromatic carbocycles. The summed E-state index contributed by atoms with van der Waals surface area (Å²) in [5.41, 5.74) is 3.55. The summed E-state index contributed by atoms with van der Waals surface area (Å²) >= 11 is 1.43. The van der Waals surface area contributed by atoms with Gasteiger partial charge in [-0.3, -0.25) is 9.59 Å². The average molecular weight is 372 g/mol. The molecule has 6 nitrogen and oxygen atoms in total. The van der Waals surface area contributed by atoms with Crippen molar-refractivity contribution in [1.82, 2.24) is 9.55 Å². The summed E-state index contributed by atoms with van der Waals surface area (Å²) in [4.78, 5) is 30.9. The van der Waals surface area contributed by atoms with E-state index >= 15 is 0 Å². The highest BCUT2D eigenvalue weighted by Gasteiger charge is 2.27. The van der Waals surface area contributed by atoms with E-state index < -0.39 is 0 Å². The molecule has 1 N–H and O–H groups in total. The van der Waals surface area contributed by atoms with Gasteiger partial charge >= 0.3 is 0 Å². The minimum Gasteiger partial charge on any atom is -0.323 e. The number of nitrogens with zero attached hydrogens (tertiary/aromatic N) is 3. The number of amides is 2. The summed E-state index contributed by atoms with van der Waals surface area (Å²) < 4.78 is 2.18. The van der Waals surface area contributed by atoms with Gasteiger partial charge in [-0.1, -0.05) is 37.7 Å². The molecule has 7 heteroatoms. The van der Waals surface area contributed by atoms with Gasteiger partial charge in [0, 0.05) is 12.2 Å². The van der Waals surface area contributed by atoms with E-state index in [0.717, 1.165) is 28.8 Å². The molecule has 2 aromatic rings. The Morgan fingerprint density at radius 2 is 2.04 bits per heavy atom. The third-order valence-corrected chi connectivity index (χ3v) is 5.33. The second-order valence-electron chi connectivity index (χ2n) is 6.90. The molecule has 26 heavy (non-hydrogen) atoms. The zero-order valence-electron chi connectivity index (χ0n) is 15.6. The zero-order valence-corrected chi connectivity index (χ0v) is 16.4. The standard InChI is InChI=1S/C19H24N4O2S/c1-12(2)9-22-14(4)13(3)20-19(22)26-11-18(25)23-10-17(24)21-15-7-5-6-8-16(15)23/h5-8,12H,9-11H2,1-4H3,(H,21,24). The largest absolute Gasteiger partial charge is 0.323 e. The number of aromatic nitrogens is 2. The van der Waals surface area contributed by atoms with Gasteiger partial charge in [-0.15, -0.1) is 0 Å². The van der Waals surface area contributed by atoms with E-state index in [4.69, 9.17) is 0 Å². The number of thioether (sulfide) groups is 1. The normalized spacial score (nSPS) is 13.7. The highest BCUT2D eigenvalue weighted by atomic mass is 32.2. The SMILES string of the molecule is Cc1nc(SCC(=O)N2CC(=O)Nc3ccccc32)n(CC(C)C)c1C. The summed E-state index contributed by atoms with van der Waals surface area (Å²) in [5.74, 6) is 0.479. The Labute approximate surface area is 158 Å². The third-order valence-electron chi connectivity index (χ3n) is 4.37. The fraction of sp³-hybridized carbons (Fsp3) is 0.421. The van der Waals surface area contributed by atoms with Gasteiger partial charge in [-0.25, -0.2) is 4.98 Å². The van der Waals surface area contributed by atoms with Gasteiger partial charge in [-0.2, -0.15) is 0 Å². The highest BCUT2D eigenvalue weighted by Crippen LogP contribution is 2.30. The molecule has 3 rings (SSSR count). The van der Waals surface area contributed by atoms with Crippen LogP contribution in [0.15, 0.2) is 29.4 Å². The van der Waals surface area contributed by atoms with Crippen LogP contribution in [-0.4, -0.2) is 33.7 Å². The molecule has 0 atom stereocenters. The van der Waals surface area contributed by atoms with Crippen LogP contribution in [0.2, 0.25) is 0 Å². The number of carbonyl (C=O) groups is 2. The number of anilines is 2. The Balaban J connectivity index is 1.76. The van der Waals surface area contributed by atoms with Crippen molar-refractivity contribution in [3.63, 3.8) is 0 Å². The molecular weight excluding hydrogens is 348 g/mol. The van der Waals surface area contributed by atoms with Crippen LogP contribution in [0.4, 0.5) is 11.4 Å². The van der Waals surface area contributed by atoms with E-state index in [9.17, 15) is 9.59 Å². The monoisotopic (exact) mass is 372 g/mol. The predicted molar refractivity (Wildman–Crippen MR) is 105 cm³/mol. The van der Waals surface area contributed by atoms with Crippen LogP contribution < -0.4 is 10.2 Å². The first kappa shape index (κ1) is 18.5. The first-order chi connectivity index (χ1) is 12.4. The maximum atomic E-state index is 12.8. The molecule has 1 aromatic heterocycles. The van der Waals surface area contributed by atoms with Crippen LogP contribution >= 0.6 is 11.8 Å². The number of aryl methyl sites for hydroxylation is 1. The van der Waals surface area contributed by atoms with E-state index in [0.29, 0.717) is 11.6 Å². The minimum atomic E-state index is -0.171. The Hall–Kier alpha value is -2.28. The van der Waals surface area contributed by atoms with Gasteiger partial charge in [-0.05, 0) is 31.9 Å². The van der Waals surface area contributed by atoms with Gasteiger partial charge in [0.25, 0.3) is 0 Å². The van der Waals surface area contributed by atoms with Crippen molar-refractivity contribution in [2.24, 2.45) is 5.92 Å². The molecular formula is C19H24N4O2S. The number of benzene rings is 1. The van der Waals surface area contributed by atoms with Crippen molar-refractivity contribution in [2.75, 3.05) is 22.5 Å². The van der Waals surface area contributed by atoms with Crippen LogP contribution in [0, 0.1) is 19.8 Å². The Kier molecular flexibility index (Phi) is 5.36. The summed E-state index contributed by atoms with van der Waals surface area (Å²) in [7, 11) is 0. The maximum absolute atomic E-state index is 12.8. The average Bonchev–Trinajstić information content (AvgIpc) is 2.86. The number of nitrogens with one attached hydrogen (secondary N) is 1. The number of para-hydroxylation sites is 2. The summed E-state index contributed by atoms with van der Waals surface area (Å²) in [6, 6.07) is 7.37. The van der Waals surface area contributed by atoms with Gasteiger partial charge in [0.05, 0.1) is 22.8 Å². The van der Waals surface area contributed by atoms with E-state index in [1.54, 1.807) is 4.90 Å². The van der Waals surface area contributed by atoms with Crippen LogP contribution in [-0.2, 0) is 16.1 Å². The summed E-state index contributed by atoms with van der Waals surface area (Å²) in [6.45, 7) is 9.30. The highest BCUT2D eigenvalue weighted by molar-refractivity contribution is 7.99. The Morgan fingerprint density at radius 1 is 1.31 bits per heavy atom. The second kappa shape index (κ2) is 7.53. The fourth-order valence-electron chi connectivity index (χ4n) is 2.97. The number of hydrogen-bond donors (Lipinski definition) is 1. The van der Waals surface area contributed by atoms with Crippen molar-refractivity contribution < 1.29 is 9.59 Å². The number of carbonyl (C=O) groups excluding carboxylic acids is 2. The molecule has 1 aliphatic rings. The molecule has 0 fully saturated rings. The van der Waals surface area contributed by atoms with E-state index in [1.165, 1.54) is 11.8 Å². The molecule has 0 spiro atoms. The molecule has 2 heterocycles.